The van der Waals surface area contributed by atoms with Crippen LogP contribution in [-0.4, -0.2) is 77.3 Å². The van der Waals surface area contributed by atoms with Crippen LogP contribution in [0.4, 0.5) is 0 Å². The molecule has 0 spiro atoms. The number of hydrogen-bond donors (Lipinski definition) is 1. The van der Waals surface area contributed by atoms with Crippen molar-refractivity contribution >= 4 is 21.9 Å². The summed E-state index contributed by atoms with van der Waals surface area (Å²) < 4.78 is 6.26. The predicted octanol–water partition coefficient (Wildman–Crippen LogP) is 4.33. The zero-order valence-corrected chi connectivity index (χ0v) is 19.5. The molecule has 2 aromatic carbocycles. The van der Waals surface area contributed by atoms with E-state index in [1.807, 2.05) is 6.07 Å². The Bertz CT molecular complexity index is 1040. The quantitative estimate of drug-likeness (QED) is 0.624. The van der Waals surface area contributed by atoms with Crippen LogP contribution in [-0.2, 0) is 6.54 Å². The first-order valence-corrected chi connectivity index (χ1v) is 12.4. The smallest absolute Gasteiger partial charge is 0.139 e. The molecule has 0 aliphatic carbocycles. The van der Waals surface area contributed by atoms with Gasteiger partial charge in [0.15, 0.2) is 0 Å². The molecule has 0 saturated carbocycles. The predicted molar refractivity (Wildman–Crippen MR) is 131 cm³/mol. The third kappa shape index (κ3) is 4.32. The van der Waals surface area contributed by atoms with Gasteiger partial charge < -0.3 is 14.4 Å². The SMILES string of the molecule is CC(C)N1CCC(N2CCN(Cc3cccc4c3oc3ccccc34)C[C@@H]2CCO)CC1. The van der Waals surface area contributed by atoms with Crippen molar-refractivity contribution in [1.82, 2.24) is 14.7 Å². The van der Waals surface area contributed by atoms with Gasteiger partial charge in [0.2, 0.25) is 0 Å². The number of furan rings is 1. The van der Waals surface area contributed by atoms with Crippen molar-refractivity contribution in [3.05, 3.63) is 48.0 Å². The number of piperazine rings is 1. The number of fused-ring (bicyclic) bond motifs is 3. The molecule has 2 aliphatic heterocycles. The zero-order valence-electron chi connectivity index (χ0n) is 19.5. The molecule has 5 nitrogen and oxygen atoms in total. The Hall–Kier alpha value is -1.92. The van der Waals surface area contributed by atoms with Gasteiger partial charge in [-0.2, -0.15) is 0 Å². The number of nitrogens with zero attached hydrogens (tertiary/aromatic N) is 3. The molecule has 0 bridgehead atoms. The first-order chi connectivity index (χ1) is 15.6. The fraction of sp³-hybridized carbons (Fsp3) is 0.556. The van der Waals surface area contributed by atoms with E-state index in [1.165, 1.54) is 42.3 Å². The molecule has 3 heterocycles. The van der Waals surface area contributed by atoms with Gasteiger partial charge in [-0.15, -0.1) is 0 Å². The van der Waals surface area contributed by atoms with Crippen molar-refractivity contribution in [2.75, 3.05) is 39.3 Å². The van der Waals surface area contributed by atoms with Crippen molar-refractivity contribution in [1.29, 1.82) is 0 Å². The minimum Gasteiger partial charge on any atom is -0.456 e. The summed E-state index contributed by atoms with van der Waals surface area (Å²) in [4.78, 5) is 7.87. The lowest BCUT2D eigenvalue weighted by atomic mass is 9.97. The number of benzene rings is 2. The van der Waals surface area contributed by atoms with Gasteiger partial charge in [0.1, 0.15) is 11.2 Å². The van der Waals surface area contributed by atoms with Gasteiger partial charge in [-0.1, -0.05) is 36.4 Å². The molecule has 2 fully saturated rings. The van der Waals surface area contributed by atoms with Crippen molar-refractivity contribution in [2.24, 2.45) is 0 Å². The number of aliphatic hydroxyl groups is 1. The van der Waals surface area contributed by atoms with Crippen LogP contribution in [0.3, 0.4) is 0 Å². The van der Waals surface area contributed by atoms with Crippen LogP contribution in [0.15, 0.2) is 46.9 Å². The number of aliphatic hydroxyl groups excluding tert-OH is 1. The summed E-state index contributed by atoms with van der Waals surface area (Å²) in [6, 6.07) is 16.6. The maximum Gasteiger partial charge on any atom is 0.139 e. The van der Waals surface area contributed by atoms with Crippen LogP contribution < -0.4 is 0 Å². The monoisotopic (exact) mass is 435 g/mol. The van der Waals surface area contributed by atoms with Crippen molar-refractivity contribution in [2.45, 2.75) is 57.8 Å². The average molecular weight is 436 g/mol. The highest BCUT2D eigenvalue weighted by Crippen LogP contribution is 2.32. The summed E-state index contributed by atoms with van der Waals surface area (Å²) in [5, 5.41) is 12.2. The largest absolute Gasteiger partial charge is 0.456 e. The standard InChI is InChI=1S/C27H37N3O2/c1-20(2)29-13-10-22(11-14-29)30-16-15-28(19-23(30)12-17-31)18-21-6-5-8-25-24-7-3-4-9-26(24)32-27(21)25/h3-9,20,22-23,31H,10-19H2,1-2H3/t23-/m0/s1. The third-order valence-corrected chi connectivity index (χ3v) is 7.65. The summed E-state index contributed by atoms with van der Waals surface area (Å²) in [6.45, 7) is 11.3. The molecule has 1 aromatic heterocycles. The Morgan fingerprint density at radius 3 is 2.53 bits per heavy atom. The van der Waals surface area contributed by atoms with E-state index in [0.717, 1.165) is 43.8 Å². The lowest BCUT2D eigenvalue weighted by Crippen LogP contribution is -2.58. The van der Waals surface area contributed by atoms with Gasteiger partial charge in [-0.05, 0) is 52.3 Å². The summed E-state index contributed by atoms with van der Waals surface area (Å²) in [7, 11) is 0. The van der Waals surface area contributed by atoms with Gasteiger partial charge in [0, 0.05) is 67.2 Å². The second kappa shape index (κ2) is 9.52. The van der Waals surface area contributed by atoms with Gasteiger partial charge >= 0.3 is 0 Å². The maximum absolute atomic E-state index is 9.78. The molecule has 0 radical (unpaired) electrons. The Morgan fingerprint density at radius 1 is 0.969 bits per heavy atom. The molecular formula is C27H37N3O2. The number of hydrogen-bond acceptors (Lipinski definition) is 5. The Balaban J connectivity index is 1.30. The second-order valence-corrected chi connectivity index (χ2v) is 9.89. The van der Waals surface area contributed by atoms with E-state index in [-0.39, 0.29) is 6.61 Å². The van der Waals surface area contributed by atoms with Crippen molar-refractivity contribution < 1.29 is 9.52 Å². The van der Waals surface area contributed by atoms with E-state index >= 15 is 0 Å². The highest BCUT2D eigenvalue weighted by molar-refractivity contribution is 6.05. The normalized spacial score (nSPS) is 22.4. The molecule has 0 unspecified atom stereocenters. The average Bonchev–Trinajstić information content (AvgIpc) is 3.20. The third-order valence-electron chi connectivity index (χ3n) is 7.65. The van der Waals surface area contributed by atoms with E-state index in [4.69, 9.17) is 4.42 Å². The first kappa shape index (κ1) is 21.9. The van der Waals surface area contributed by atoms with Crippen LogP contribution in [0, 0.1) is 0 Å². The first-order valence-electron chi connectivity index (χ1n) is 12.4. The molecule has 1 atom stereocenters. The summed E-state index contributed by atoms with van der Waals surface area (Å²) >= 11 is 0. The van der Waals surface area contributed by atoms with Gasteiger partial charge in [-0.25, -0.2) is 0 Å². The van der Waals surface area contributed by atoms with Crippen LogP contribution in [0.5, 0.6) is 0 Å². The van der Waals surface area contributed by atoms with Gasteiger partial charge in [0.05, 0.1) is 0 Å². The fourth-order valence-electron chi connectivity index (χ4n) is 5.87. The number of rotatable bonds is 6. The lowest BCUT2D eigenvalue weighted by Gasteiger charge is -2.48. The van der Waals surface area contributed by atoms with E-state index in [9.17, 15) is 5.11 Å². The molecule has 1 N–H and O–H groups in total. The Morgan fingerprint density at radius 2 is 1.75 bits per heavy atom. The van der Waals surface area contributed by atoms with Crippen molar-refractivity contribution in [3.63, 3.8) is 0 Å². The molecule has 5 rings (SSSR count). The van der Waals surface area contributed by atoms with Crippen molar-refractivity contribution in [3.8, 4) is 0 Å². The van der Waals surface area contributed by atoms with Crippen LogP contribution in [0.2, 0.25) is 0 Å². The molecule has 0 amide bonds. The minimum absolute atomic E-state index is 0.263. The van der Waals surface area contributed by atoms with Crippen LogP contribution in [0.1, 0.15) is 38.7 Å². The number of para-hydroxylation sites is 2. The molecule has 32 heavy (non-hydrogen) atoms. The maximum atomic E-state index is 9.78. The minimum atomic E-state index is 0.263. The molecule has 172 valence electrons. The topological polar surface area (TPSA) is 43.1 Å². The molecule has 2 saturated heterocycles. The van der Waals surface area contributed by atoms with E-state index in [1.54, 1.807) is 0 Å². The summed E-state index contributed by atoms with van der Waals surface area (Å²) in [6.07, 6.45) is 3.35. The zero-order chi connectivity index (χ0) is 22.1. The summed E-state index contributed by atoms with van der Waals surface area (Å²) in [5.41, 5.74) is 3.25. The van der Waals surface area contributed by atoms with Crippen LogP contribution >= 0.6 is 0 Å². The van der Waals surface area contributed by atoms with E-state index in [2.05, 4.69) is 64.9 Å². The summed E-state index contributed by atoms with van der Waals surface area (Å²) in [5.74, 6) is 0. The molecular weight excluding hydrogens is 398 g/mol. The van der Waals surface area contributed by atoms with Gasteiger partial charge in [0.25, 0.3) is 0 Å². The number of likely N-dealkylation sites (tertiary alicyclic amines) is 1. The Labute approximate surface area is 191 Å². The van der Waals surface area contributed by atoms with E-state index < -0.39 is 0 Å². The fourth-order valence-corrected chi connectivity index (χ4v) is 5.87. The molecule has 2 aliphatic rings. The van der Waals surface area contributed by atoms with Gasteiger partial charge in [-0.3, -0.25) is 9.80 Å². The number of piperidine rings is 1. The Kier molecular flexibility index (Phi) is 6.51. The molecule has 5 heteroatoms. The van der Waals surface area contributed by atoms with E-state index in [0.29, 0.717) is 18.1 Å². The lowest BCUT2D eigenvalue weighted by molar-refractivity contribution is 0.0000142. The second-order valence-electron chi connectivity index (χ2n) is 9.89. The molecule has 3 aromatic rings. The highest BCUT2D eigenvalue weighted by Gasteiger charge is 2.34. The van der Waals surface area contributed by atoms with Crippen LogP contribution in [0.25, 0.3) is 21.9 Å². The highest BCUT2D eigenvalue weighted by atomic mass is 16.3.